The van der Waals surface area contributed by atoms with E-state index in [4.69, 9.17) is 4.74 Å². The maximum Gasteiger partial charge on any atom is 0.256 e. The first-order chi connectivity index (χ1) is 13.2. The van der Waals surface area contributed by atoms with Gasteiger partial charge in [0.2, 0.25) is 0 Å². The average molecular weight is 360 g/mol. The molecule has 3 aromatic carbocycles. The zero-order valence-corrected chi connectivity index (χ0v) is 14.9. The van der Waals surface area contributed by atoms with Crippen molar-refractivity contribution in [3.63, 3.8) is 0 Å². The standard InChI is InChI=1S/C22H20N2O3/c25-21(18-10-5-7-16-6-1-2-8-17(16)18)23-20-11-4-3-9-19(20)22(26)24-12-14-27-15-13-24/h1-11H,12-15H2,(H,23,25). The van der Waals surface area contributed by atoms with E-state index in [1.165, 1.54) is 0 Å². The van der Waals surface area contributed by atoms with Gasteiger partial charge < -0.3 is 15.0 Å². The van der Waals surface area contributed by atoms with Crippen LogP contribution in [0.5, 0.6) is 0 Å². The highest BCUT2D eigenvalue weighted by Crippen LogP contribution is 2.22. The largest absolute Gasteiger partial charge is 0.378 e. The van der Waals surface area contributed by atoms with Gasteiger partial charge in [-0.15, -0.1) is 0 Å². The number of hydrogen-bond donors (Lipinski definition) is 1. The maximum absolute atomic E-state index is 12.9. The molecule has 0 saturated carbocycles. The number of carbonyl (C=O) groups excluding carboxylic acids is 2. The Labute approximate surface area is 157 Å². The van der Waals surface area contributed by atoms with Crippen LogP contribution in [-0.4, -0.2) is 43.0 Å². The van der Waals surface area contributed by atoms with E-state index >= 15 is 0 Å². The van der Waals surface area contributed by atoms with Crippen LogP contribution in [0.4, 0.5) is 5.69 Å². The van der Waals surface area contributed by atoms with Crippen molar-refractivity contribution in [3.05, 3.63) is 77.9 Å². The van der Waals surface area contributed by atoms with Crippen molar-refractivity contribution in [3.8, 4) is 0 Å². The summed E-state index contributed by atoms with van der Waals surface area (Å²) in [6.45, 7) is 2.20. The van der Waals surface area contributed by atoms with E-state index < -0.39 is 0 Å². The van der Waals surface area contributed by atoms with Gasteiger partial charge in [-0.3, -0.25) is 9.59 Å². The van der Waals surface area contributed by atoms with Gasteiger partial charge in [-0.2, -0.15) is 0 Å². The lowest BCUT2D eigenvalue weighted by Crippen LogP contribution is -2.41. The molecular formula is C22H20N2O3. The number of fused-ring (bicyclic) bond motifs is 1. The van der Waals surface area contributed by atoms with Gasteiger partial charge in [-0.25, -0.2) is 0 Å². The smallest absolute Gasteiger partial charge is 0.256 e. The van der Waals surface area contributed by atoms with Crippen LogP contribution >= 0.6 is 0 Å². The second-order valence-electron chi connectivity index (χ2n) is 6.43. The van der Waals surface area contributed by atoms with Crippen LogP contribution in [0.25, 0.3) is 10.8 Å². The molecule has 5 nitrogen and oxygen atoms in total. The van der Waals surface area contributed by atoms with Crippen molar-refractivity contribution < 1.29 is 14.3 Å². The number of nitrogens with zero attached hydrogens (tertiary/aromatic N) is 1. The molecule has 1 N–H and O–H groups in total. The number of morpholine rings is 1. The molecule has 4 rings (SSSR count). The SMILES string of the molecule is O=C(Nc1ccccc1C(=O)N1CCOCC1)c1cccc2ccccc12. The molecule has 1 saturated heterocycles. The quantitative estimate of drug-likeness (QED) is 0.777. The first kappa shape index (κ1) is 17.2. The molecule has 3 aromatic rings. The second-order valence-corrected chi connectivity index (χ2v) is 6.43. The molecule has 0 radical (unpaired) electrons. The number of benzene rings is 3. The van der Waals surface area contributed by atoms with Gasteiger partial charge in [0.15, 0.2) is 0 Å². The minimum absolute atomic E-state index is 0.0906. The summed E-state index contributed by atoms with van der Waals surface area (Å²) in [5.74, 6) is -0.318. The van der Waals surface area contributed by atoms with Gasteiger partial charge in [0.1, 0.15) is 0 Å². The Bertz CT molecular complexity index is 988. The van der Waals surface area contributed by atoms with E-state index in [9.17, 15) is 9.59 Å². The molecule has 0 bridgehead atoms. The number of carbonyl (C=O) groups is 2. The van der Waals surface area contributed by atoms with Crippen LogP contribution in [0, 0.1) is 0 Å². The predicted octanol–water partition coefficient (Wildman–Crippen LogP) is 3.56. The fourth-order valence-corrected chi connectivity index (χ4v) is 3.33. The molecule has 0 spiro atoms. The monoisotopic (exact) mass is 360 g/mol. The molecule has 0 aromatic heterocycles. The highest BCUT2D eigenvalue weighted by Gasteiger charge is 2.22. The van der Waals surface area contributed by atoms with Crippen LogP contribution < -0.4 is 5.32 Å². The van der Waals surface area contributed by atoms with E-state index in [1.807, 2.05) is 42.5 Å². The summed E-state index contributed by atoms with van der Waals surface area (Å²) < 4.78 is 5.32. The first-order valence-electron chi connectivity index (χ1n) is 8.99. The van der Waals surface area contributed by atoms with Gasteiger partial charge in [-0.05, 0) is 29.0 Å². The Morgan fingerprint density at radius 1 is 0.815 bits per heavy atom. The average Bonchev–Trinajstić information content (AvgIpc) is 2.74. The van der Waals surface area contributed by atoms with Gasteiger partial charge >= 0.3 is 0 Å². The lowest BCUT2D eigenvalue weighted by atomic mass is 10.0. The lowest BCUT2D eigenvalue weighted by molar-refractivity contribution is 0.0303. The number of anilines is 1. The van der Waals surface area contributed by atoms with Gasteiger partial charge in [0, 0.05) is 18.7 Å². The molecule has 136 valence electrons. The fourth-order valence-electron chi connectivity index (χ4n) is 3.33. The van der Waals surface area contributed by atoms with E-state index in [-0.39, 0.29) is 11.8 Å². The molecule has 5 heteroatoms. The Morgan fingerprint density at radius 3 is 2.33 bits per heavy atom. The Balaban J connectivity index is 1.63. The number of para-hydroxylation sites is 1. The highest BCUT2D eigenvalue weighted by atomic mass is 16.5. The van der Waals surface area contributed by atoms with Crippen molar-refractivity contribution in [2.45, 2.75) is 0 Å². The Hall–Kier alpha value is -3.18. The Kier molecular flexibility index (Phi) is 4.85. The van der Waals surface area contributed by atoms with Crippen molar-refractivity contribution in [1.29, 1.82) is 0 Å². The summed E-state index contributed by atoms with van der Waals surface area (Å²) in [5.41, 5.74) is 1.60. The van der Waals surface area contributed by atoms with E-state index in [0.717, 1.165) is 10.8 Å². The van der Waals surface area contributed by atoms with Crippen molar-refractivity contribution >= 4 is 28.3 Å². The summed E-state index contributed by atoms with van der Waals surface area (Å²) in [6, 6.07) is 20.5. The van der Waals surface area contributed by atoms with Crippen LogP contribution in [-0.2, 0) is 4.74 Å². The molecule has 27 heavy (non-hydrogen) atoms. The third-order valence-electron chi connectivity index (χ3n) is 4.74. The van der Waals surface area contributed by atoms with E-state index in [0.29, 0.717) is 43.1 Å². The lowest BCUT2D eigenvalue weighted by Gasteiger charge is -2.27. The number of rotatable bonds is 3. The zero-order valence-electron chi connectivity index (χ0n) is 14.9. The van der Waals surface area contributed by atoms with Crippen LogP contribution in [0.2, 0.25) is 0 Å². The topological polar surface area (TPSA) is 58.6 Å². The van der Waals surface area contributed by atoms with E-state index in [2.05, 4.69) is 5.32 Å². The number of ether oxygens (including phenoxy) is 1. The number of nitrogens with one attached hydrogen (secondary N) is 1. The van der Waals surface area contributed by atoms with Crippen LogP contribution in [0.3, 0.4) is 0 Å². The summed E-state index contributed by atoms with van der Waals surface area (Å²) in [7, 11) is 0. The molecule has 2 amide bonds. The third-order valence-corrected chi connectivity index (χ3v) is 4.74. The minimum Gasteiger partial charge on any atom is -0.378 e. The Morgan fingerprint density at radius 2 is 1.48 bits per heavy atom. The summed E-state index contributed by atoms with van der Waals surface area (Å²) in [4.78, 5) is 27.5. The zero-order chi connectivity index (χ0) is 18.6. The summed E-state index contributed by atoms with van der Waals surface area (Å²) in [6.07, 6.45) is 0. The molecule has 1 fully saturated rings. The first-order valence-corrected chi connectivity index (χ1v) is 8.99. The highest BCUT2D eigenvalue weighted by molar-refractivity contribution is 6.14. The van der Waals surface area contributed by atoms with Gasteiger partial charge in [-0.1, -0.05) is 48.5 Å². The summed E-state index contributed by atoms with van der Waals surface area (Å²) in [5, 5.41) is 4.81. The predicted molar refractivity (Wildman–Crippen MR) is 105 cm³/mol. The fraction of sp³-hybridized carbons (Fsp3) is 0.182. The summed E-state index contributed by atoms with van der Waals surface area (Å²) >= 11 is 0. The van der Waals surface area contributed by atoms with Crippen molar-refractivity contribution in [2.24, 2.45) is 0 Å². The molecule has 1 heterocycles. The molecule has 0 aliphatic carbocycles. The molecular weight excluding hydrogens is 340 g/mol. The van der Waals surface area contributed by atoms with Gasteiger partial charge in [0.05, 0.1) is 24.5 Å². The molecule has 1 aliphatic rings. The minimum atomic E-state index is -0.228. The van der Waals surface area contributed by atoms with Gasteiger partial charge in [0.25, 0.3) is 11.8 Å². The van der Waals surface area contributed by atoms with Crippen molar-refractivity contribution in [1.82, 2.24) is 4.90 Å². The third kappa shape index (κ3) is 3.55. The number of amides is 2. The van der Waals surface area contributed by atoms with Crippen LogP contribution in [0.1, 0.15) is 20.7 Å². The molecule has 0 atom stereocenters. The maximum atomic E-state index is 12.9. The molecule has 0 unspecified atom stereocenters. The molecule has 1 aliphatic heterocycles. The number of hydrogen-bond acceptors (Lipinski definition) is 3. The normalized spacial score (nSPS) is 14.1. The van der Waals surface area contributed by atoms with E-state index in [1.54, 1.807) is 29.2 Å². The second kappa shape index (κ2) is 7.60. The van der Waals surface area contributed by atoms with Crippen LogP contribution in [0.15, 0.2) is 66.7 Å². The van der Waals surface area contributed by atoms with Crippen molar-refractivity contribution in [2.75, 3.05) is 31.6 Å².